The molecule has 3 aromatic rings. The Kier molecular flexibility index (Phi) is 8.08. The van der Waals surface area contributed by atoms with Crippen molar-refractivity contribution in [2.45, 2.75) is 6.54 Å². The number of aromatic nitrogens is 2. The quantitative estimate of drug-likeness (QED) is 0.303. The number of hydrogen-bond donors (Lipinski definition) is 1. The van der Waals surface area contributed by atoms with Crippen LogP contribution in [0.25, 0.3) is 0 Å². The SMILES string of the molecule is O=[N+]([O-])c1cc(Cl)nc(Cl)c1.O=[N+]([O-])c1cc(Cl)nc(NCc2ccccc2)c1. The van der Waals surface area contributed by atoms with Crippen LogP contribution in [-0.2, 0) is 6.54 Å². The van der Waals surface area contributed by atoms with Crippen molar-refractivity contribution in [2.75, 3.05) is 5.32 Å². The summed E-state index contributed by atoms with van der Waals surface area (Å²) in [7, 11) is 0. The van der Waals surface area contributed by atoms with E-state index in [0.717, 1.165) is 17.7 Å². The third kappa shape index (κ3) is 7.49. The van der Waals surface area contributed by atoms with Crippen molar-refractivity contribution in [3.63, 3.8) is 0 Å². The van der Waals surface area contributed by atoms with Gasteiger partial charge in [-0.25, -0.2) is 9.97 Å². The zero-order valence-corrected chi connectivity index (χ0v) is 16.7. The van der Waals surface area contributed by atoms with Gasteiger partial charge in [-0.2, -0.15) is 0 Å². The van der Waals surface area contributed by atoms with E-state index in [2.05, 4.69) is 15.3 Å². The van der Waals surface area contributed by atoms with E-state index in [1.807, 2.05) is 30.3 Å². The first-order valence-electron chi connectivity index (χ1n) is 7.82. The fourth-order valence-corrected chi connectivity index (χ4v) is 2.68. The normalized spacial score (nSPS) is 9.90. The molecule has 0 aliphatic heterocycles. The summed E-state index contributed by atoms with van der Waals surface area (Å²) in [6, 6.07) is 14.5. The van der Waals surface area contributed by atoms with E-state index in [-0.39, 0.29) is 26.8 Å². The maximum Gasteiger partial charge on any atom is 0.276 e. The molecule has 0 aliphatic rings. The Morgan fingerprint density at radius 3 is 1.79 bits per heavy atom. The Bertz CT molecular complexity index is 1000. The summed E-state index contributed by atoms with van der Waals surface area (Å²) in [5, 5.41) is 24.0. The molecule has 150 valence electrons. The van der Waals surface area contributed by atoms with Gasteiger partial charge in [-0.3, -0.25) is 20.2 Å². The van der Waals surface area contributed by atoms with Gasteiger partial charge in [0.05, 0.1) is 34.1 Å². The lowest BCUT2D eigenvalue weighted by Crippen LogP contribution is -2.02. The Morgan fingerprint density at radius 1 is 0.793 bits per heavy atom. The van der Waals surface area contributed by atoms with Gasteiger partial charge in [-0.15, -0.1) is 0 Å². The molecule has 0 fully saturated rings. The highest BCUT2D eigenvalue weighted by atomic mass is 35.5. The fraction of sp³-hybridized carbons (Fsp3) is 0.0588. The van der Waals surface area contributed by atoms with Crippen LogP contribution in [0.3, 0.4) is 0 Å². The van der Waals surface area contributed by atoms with Crippen LogP contribution in [0.15, 0.2) is 54.6 Å². The number of hydrogen-bond acceptors (Lipinski definition) is 7. The highest BCUT2D eigenvalue weighted by Crippen LogP contribution is 2.21. The van der Waals surface area contributed by atoms with Crippen molar-refractivity contribution >= 4 is 52.0 Å². The summed E-state index contributed by atoms with van der Waals surface area (Å²) in [5.74, 6) is 0.387. The second-order valence-electron chi connectivity index (χ2n) is 5.36. The van der Waals surface area contributed by atoms with Crippen molar-refractivity contribution < 1.29 is 9.85 Å². The molecule has 2 heterocycles. The largest absolute Gasteiger partial charge is 0.366 e. The number of benzene rings is 1. The topological polar surface area (TPSA) is 124 Å². The van der Waals surface area contributed by atoms with E-state index in [0.29, 0.717) is 12.4 Å². The van der Waals surface area contributed by atoms with E-state index in [4.69, 9.17) is 34.8 Å². The molecule has 1 N–H and O–H groups in total. The molecule has 12 heteroatoms. The molecule has 0 saturated heterocycles. The molecule has 0 aliphatic carbocycles. The van der Waals surface area contributed by atoms with Crippen LogP contribution in [0.2, 0.25) is 15.5 Å². The first-order valence-corrected chi connectivity index (χ1v) is 8.95. The molecule has 3 rings (SSSR count). The minimum atomic E-state index is -0.584. The van der Waals surface area contributed by atoms with Crippen molar-refractivity contribution in [1.82, 2.24) is 9.97 Å². The number of nitrogens with zero attached hydrogens (tertiary/aromatic N) is 4. The lowest BCUT2D eigenvalue weighted by molar-refractivity contribution is -0.385. The van der Waals surface area contributed by atoms with Crippen molar-refractivity contribution in [3.8, 4) is 0 Å². The van der Waals surface area contributed by atoms with Crippen molar-refractivity contribution in [2.24, 2.45) is 0 Å². The molecule has 9 nitrogen and oxygen atoms in total. The van der Waals surface area contributed by atoms with Gasteiger partial charge in [-0.05, 0) is 5.56 Å². The highest BCUT2D eigenvalue weighted by Gasteiger charge is 2.10. The summed E-state index contributed by atoms with van der Waals surface area (Å²) in [4.78, 5) is 27.3. The zero-order chi connectivity index (χ0) is 21.4. The molecule has 29 heavy (non-hydrogen) atoms. The number of rotatable bonds is 5. The average Bonchev–Trinajstić information content (AvgIpc) is 2.66. The molecule has 0 saturated carbocycles. The van der Waals surface area contributed by atoms with Gasteiger partial charge in [0.25, 0.3) is 11.4 Å². The van der Waals surface area contributed by atoms with Crippen LogP contribution >= 0.6 is 34.8 Å². The maximum atomic E-state index is 10.7. The van der Waals surface area contributed by atoms with E-state index in [1.165, 1.54) is 12.1 Å². The lowest BCUT2D eigenvalue weighted by Gasteiger charge is -2.05. The van der Waals surface area contributed by atoms with Crippen LogP contribution < -0.4 is 5.32 Å². The summed E-state index contributed by atoms with van der Waals surface area (Å²) in [6.45, 7) is 0.533. The van der Waals surface area contributed by atoms with Crippen LogP contribution in [0.4, 0.5) is 17.2 Å². The third-order valence-corrected chi connectivity index (χ3v) is 3.85. The Morgan fingerprint density at radius 2 is 1.28 bits per heavy atom. The third-order valence-electron chi connectivity index (χ3n) is 3.26. The molecular weight excluding hydrogens is 445 g/mol. The molecule has 0 atom stereocenters. The van der Waals surface area contributed by atoms with Crippen LogP contribution in [0.1, 0.15) is 5.56 Å². The van der Waals surface area contributed by atoms with Gasteiger partial charge in [0.2, 0.25) is 0 Å². The van der Waals surface area contributed by atoms with Crippen LogP contribution in [-0.4, -0.2) is 19.8 Å². The number of nitro groups is 2. The Labute approximate surface area is 179 Å². The van der Waals surface area contributed by atoms with E-state index >= 15 is 0 Å². The zero-order valence-electron chi connectivity index (χ0n) is 14.5. The predicted molar refractivity (Wildman–Crippen MR) is 111 cm³/mol. The predicted octanol–water partition coefficient (Wildman–Crippen LogP) is 5.55. The molecule has 1 aromatic carbocycles. The second-order valence-corrected chi connectivity index (χ2v) is 6.52. The van der Waals surface area contributed by atoms with Gasteiger partial charge in [0, 0.05) is 6.54 Å². The highest BCUT2D eigenvalue weighted by molar-refractivity contribution is 6.32. The maximum absolute atomic E-state index is 10.7. The first-order chi connectivity index (χ1) is 13.7. The van der Waals surface area contributed by atoms with E-state index in [9.17, 15) is 20.2 Å². The molecule has 0 radical (unpaired) electrons. The summed E-state index contributed by atoms with van der Waals surface area (Å²) >= 11 is 16.5. The minimum absolute atomic E-state index is 0.0178. The molecule has 0 spiro atoms. The van der Waals surface area contributed by atoms with Crippen molar-refractivity contribution in [1.29, 1.82) is 0 Å². The lowest BCUT2D eigenvalue weighted by atomic mass is 10.2. The minimum Gasteiger partial charge on any atom is -0.366 e. The Balaban J connectivity index is 0.000000234. The van der Waals surface area contributed by atoms with Gasteiger partial charge in [0.1, 0.15) is 21.3 Å². The van der Waals surface area contributed by atoms with Gasteiger partial charge in [-0.1, -0.05) is 65.1 Å². The molecule has 0 unspecified atom stereocenters. The standard InChI is InChI=1S/C12H10ClN3O2.C5H2Cl2N2O2/c13-11-6-10(16(17)18)7-12(15-11)14-8-9-4-2-1-3-5-9;6-4-1-3(9(10)11)2-5(7)8-4/h1-7H,8H2,(H,14,15);1-2H. The van der Waals surface area contributed by atoms with Gasteiger partial charge < -0.3 is 5.32 Å². The molecule has 0 amide bonds. The average molecular weight is 457 g/mol. The van der Waals surface area contributed by atoms with Gasteiger partial charge in [0.15, 0.2) is 0 Å². The van der Waals surface area contributed by atoms with Crippen molar-refractivity contribution in [3.05, 3.63) is 95.8 Å². The summed E-state index contributed by atoms with van der Waals surface area (Å²) in [5.41, 5.74) is 0.822. The van der Waals surface area contributed by atoms with Crippen LogP contribution in [0, 0.1) is 20.2 Å². The smallest absolute Gasteiger partial charge is 0.276 e. The molecule has 2 aromatic heterocycles. The van der Waals surface area contributed by atoms with Crippen LogP contribution in [0.5, 0.6) is 0 Å². The number of nitrogens with one attached hydrogen (secondary N) is 1. The first kappa shape index (κ1) is 22.3. The monoisotopic (exact) mass is 455 g/mol. The number of halogens is 3. The Hall–Kier alpha value is -3.01. The number of anilines is 1. The molecular formula is C17H12Cl3N5O4. The summed E-state index contributed by atoms with van der Waals surface area (Å²) < 4.78 is 0. The van der Waals surface area contributed by atoms with E-state index < -0.39 is 9.85 Å². The molecule has 0 bridgehead atoms. The fourth-order valence-electron chi connectivity index (χ4n) is 2.03. The summed E-state index contributed by atoms with van der Waals surface area (Å²) in [6.07, 6.45) is 0. The van der Waals surface area contributed by atoms with Gasteiger partial charge >= 0.3 is 0 Å². The van der Waals surface area contributed by atoms with E-state index in [1.54, 1.807) is 0 Å². The second kappa shape index (κ2) is 10.5. The number of pyridine rings is 2.